The number of aromatic nitrogens is 2. The van der Waals surface area contributed by atoms with Gasteiger partial charge in [-0.3, -0.25) is 0 Å². The van der Waals surface area contributed by atoms with Crippen LogP contribution in [0, 0.1) is 0 Å². The molecule has 1 rings (SSSR count). The van der Waals surface area contributed by atoms with E-state index in [1.165, 1.54) is 6.20 Å². The van der Waals surface area contributed by atoms with Crippen LogP contribution in [0.5, 0.6) is 0 Å². The second kappa shape index (κ2) is 4.69. The summed E-state index contributed by atoms with van der Waals surface area (Å²) in [5.41, 5.74) is 0. The minimum Gasteiger partial charge on any atom is -0.364 e. The van der Waals surface area contributed by atoms with Crippen LogP contribution in [0.15, 0.2) is 12.3 Å². The molecule has 0 unspecified atom stereocenters. The van der Waals surface area contributed by atoms with Crippen molar-refractivity contribution in [2.45, 2.75) is 6.43 Å². The Kier molecular flexibility index (Phi) is 3.55. The summed E-state index contributed by atoms with van der Waals surface area (Å²) in [5.74, 6) is 0.897. The molecule has 1 heterocycles. The smallest absolute Gasteiger partial charge is 0.255 e. The molecule has 0 aliphatic carbocycles. The lowest BCUT2D eigenvalue weighted by Crippen LogP contribution is -2.15. The molecule has 1 aromatic rings. The van der Waals surface area contributed by atoms with Gasteiger partial charge in [-0.2, -0.15) is 4.98 Å². The summed E-state index contributed by atoms with van der Waals surface area (Å²) in [7, 11) is 3.57. The topological polar surface area (TPSA) is 41.1 Å². The van der Waals surface area contributed by atoms with Crippen LogP contribution in [0.4, 0.5) is 20.5 Å². The third kappa shape index (κ3) is 3.12. The molecule has 4 nitrogen and oxygen atoms in total. The normalized spacial score (nSPS) is 10.4. The van der Waals surface area contributed by atoms with Crippen LogP contribution in [0.25, 0.3) is 0 Å². The average Bonchev–Trinajstić information content (AvgIpc) is 2.15. The van der Waals surface area contributed by atoms with E-state index in [9.17, 15) is 8.78 Å². The Labute approximate surface area is 81.0 Å². The number of nitrogens with one attached hydrogen (secondary N) is 1. The SMILES string of the molecule is CN(C)c1nccc(NCC(F)F)n1. The largest absolute Gasteiger partial charge is 0.364 e. The molecule has 0 aliphatic rings. The van der Waals surface area contributed by atoms with Gasteiger partial charge in [0.2, 0.25) is 5.95 Å². The van der Waals surface area contributed by atoms with Gasteiger partial charge in [0.15, 0.2) is 0 Å². The van der Waals surface area contributed by atoms with E-state index < -0.39 is 13.0 Å². The third-order valence-corrected chi connectivity index (χ3v) is 1.48. The molecule has 0 fully saturated rings. The van der Waals surface area contributed by atoms with Crippen molar-refractivity contribution in [3.63, 3.8) is 0 Å². The van der Waals surface area contributed by atoms with Crippen molar-refractivity contribution in [3.05, 3.63) is 12.3 Å². The molecule has 0 spiro atoms. The molecule has 6 heteroatoms. The van der Waals surface area contributed by atoms with Crippen LogP contribution in [0.2, 0.25) is 0 Å². The lowest BCUT2D eigenvalue weighted by molar-refractivity contribution is 0.163. The molecule has 78 valence electrons. The van der Waals surface area contributed by atoms with Crippen LogP contribution in [-0.2, 0) is 0 Å². The lowest BCUT2D eigenvalue weighted by Gasteiger charge is -2.11. The maximum Gasteiger partial charge on any atom is 0.255 e. The third-order valence-electron chi connectivity index (χ3n) is 1.48. The van der Waals surface area contributed by atoms with Crippen LogP contribution in [0.1, 0.15) is 0 Å². The summed E-state index contributed by atoms with van der Waals surface area (Å²) in [5, 5.41) is 2.51. The first-order chi connectivity index (χ1) is 6.59. The summed E-state index contributed by atoms with van der Waals surface area (Å²) >= 11 is 0. The molecule has 1 N–H and O–H groups in total. The molecule has 0 aliphatic heterocycles. The fraction of sp³-hybridized carbons (Fsp3) is 0.500. The van der Waals surface area contributed by atoms with Crippen molar-refractivity contribution in [1.29, 1.82) is 0 Å². The molecule has 0 amide bonds. The van der Waals surface area contributed by atoms with Gasteiger partial charge in [-0.25, -0.2) is 13.8 Å². The Morgan fingerprint density at radius 2 is 2.21 bits per heavy atom. The number of alkyl halides is 2. The van der Waals surface area contributed by atoms with Crippen LogP contribution >= 0.6 is 0 Å². The van der Waals surface area contributed by atoms with Crippen molar-refractivity contribution >= 4 is 11.8 Å². The summed E-state index contributed by atoms with van der Waals surface area (Å²) in [6.07, 6.45) is -0.858. The van der Waals surface area contributed by atoms with E-state index in [1.807, 2.05) is 0 Å². The van der Waals surface area contributed by atoms with Crippen LogP contribution in [-0.4, -0.2) is 37.0 Å². The van der Waals surface area contributed by atoms with Gasteiger partial charge in [0.1, 0.15) is 5.82 Å². The number of hydrogen-bond donors (Lipinski definition) is 1. The molecule has 0 saturated carbocycles. The van der Waals surface area contributed by atoms with E-state index in [0.717, 1.165) is 0 Å². The molecule has 14 heavy (non-hydrogen) atoms. The lowest BCUT2D eigenvalue weighted by atomic mass is 10.5. The van der Waals surface area contributed by atoms with Gasteiger partial charge in [-0.1, -0.05) is 0 Å². The van der Waals surface area contributed by atoms with Crippen molar-refractivity contribution in [2.24, 2.45) is 0 Å². The standard InChI is InChI=1S/C8H12F2N4/c1-14(2)8-11-4-3-7(13-8)12-5-6(9)10/h3-4,6H,5H2,1-2H3,(H,11,12,13). The maximum absolute atomic E-state index is 11.9. The van der Waals surface area contributed by atoms with Crippen molar-refractivity contribution < 1.29 is 8.78 Å². The van der Waals surface area contributed by atoms with Gasteiger partial charge in [-0.15, -0.1) is 0 Å². The zero-order valence-corrected chi connectivity index (χ0v) is 8.04. The maximum atomic E-state index is 11.9. The van der Waals surface area contributed by atoms with Crippen molar-refractivity contribution in [2.75, 3.05) is 30.9 Å². The van der Waals surface area contributed by atoms with Crippen LogP contribution in [0.3, 0.4) is 0 Å². The Morgan fingerprint density at radius 3 is 2.79 bits per heavy atom. The number of nitrogens with zero attached hydrogens (tertiary/aromatic N) is 3. The minimum atomic E-state index is -2.38. The fourth-order valence-electron chi connectivity index (χ4n) is 0.844. The van der Waals surface area contributed by atoms with Crippen molar-refractivity contribution in [1.82, 2.24) is 9.97 Å². The summed E-state index contributed by atoms with van der Waals surface area (Å²) < 4.78 is 23.7. The van der Waals surface area contributed by atoms with Gasteiger partial charge < -0.3 is 10.2 Å². The minimum absolute atomic E-state index is 0.399. The molecule has 0 atom stereocenters. The second-order valence-electron chi connectivity index (χ2n) is 2.91. The van der Waals surface area contributed by atoms with E-state index in [-0.39, 0.29) is 0 Å². The van der Waals surface area contributed by atoms with Gasteiger partial charge in [-0.05, 0) is 6.07 Å². The summed E-state index contributed by atoms with van der Waals surface area (Å²) in [6, 6.07) is 1.55. The Bertz CT molecular complexity index is 290. The number of rotatable bonds is 4. The van der Waals surface area contributed by atoms with E-state index in [2.05, 4.69) is 15.3 Å². The highest BCUT2D eigenvalue weighted by Gasteiger charge is 2.04. The quantitative estimate of drug-likeness (QED) is 0.797. The molecule has 0 saturated heterocycles. The predicted octanol–water partition coefficient (Wildman–Crippen LogP) is 1.22. The molecule has 1 aromatic heterocycles. The molecule has 0 bridgehead atoms. The Hall–Kier alpha value is -1.46. The molecular weight excluding hydrogens is 190 g/mol. The average molecular weight is 202 g/mol. The monoisotopic (exact) mass is 202 g/mol. The number of hydrogen-bond acceptors (Lipinski definition) is 4. The summed E-state index contributed by atoms with van der Waals surface area (Å²) in [4.78, 5) is 9.67. The first-order valence-corrected chi connectivity index (χ1v) is 4.12. The van der Waals surface area contributed by atoms with E-state index >= 15 is 0 Å². The zero-order chi connectivity index (χ0) is 10.6. The Balaban J connectivity index is 2.64. The molecule has 0 radical (unpaired) electrons. The zero-order valence-electron chi connectivity index (χ0n) is 8.04. The van der Waals surface area contributed by atoms with E-state index in [4.69, 9.17) is 0 Å². The van der Waals surface area contributed by atoms with Gasteiger partial charge in [0.25, 0.3) is 6.43 Å². The fourth-order valence-corrected chi connectivity index (χ4v) is 0.844. The predicted molar refractivity (Wildman–Crippen MR) is 50.9 cm³/mol. The van der Waals surface area contributed by atoms with Crippen LogP contribution < -0.4 is 10.2 Å². The van der Waals surface area contributed by atoms with E-state index in [0.29, 0.717) is 11.8 Å². The van der Waals surface area contributed by atoms with Gasteiger partial charge >= 0.3 is 0 Å². The molecule has 0 aromatic carbocycles. The van der Waals surface area contributed by atoms with Gasteiger partial charge in [0.05, 0.1) is 6.54 Å². The van der Waals surface area contributed by atoms with E-state index in [1.54, 1.807) is 25.1 Å². The highest BCUT2D eigenvalue weighted by molar-refractivity contribution is 5.40. The van der Waals surface area contributed by atoms with Crippen molar-refractivity contribution in [3.8, 4) is 0 Å². The number of anilines is 2. The highest BCUT2D eigenvalue weighted by Crippen LogP contribution is 2.08. The first kappa shape index (κ1) is 10.6. The number of halogens is 2. The summed E-state index contributed by atoms with van der Waals surface area (Å²) in [6.45, 7) is -0.399. The first-order valence-electron chi connectivity index (χ1n) is 4.12. The Morgan fingerprint density at radius 1 is 1.50 bits per heavy atom. The highest BCUT2D eigenvalue weighted by atomic mass is 19.3. The second-order valence-corrected chi connectivity index (χ2v) is 2.91. The molecular formula is C8H12F2N4. The van der Waals surface area contributed by atoms with Gasteiger partial charge in [0, 0.05) is 20.3 Å².